The summed E-state index contributed by atoms with van der Waals surface area (Å²) >= 11 is 7.57. The normalized spacial score (nSPS) is 21.5. The Morgan fingerprint density at radius 3 is 1.12 bits per heavy atom. The Labute approximate surface area is 457 Å². The van der Waals surface area contributed by atoms with Gasteiger partial charge in [0.15, 0.2) is 23.0 Å². The van der Waals surface area contributed by atoms with Crippen molar-refractivity contribution in [3.8, 4) is 23.0 Å². The molecule has 0 bridgehead atoms. The van der Waals surface area contributed by atoms with Crippen LogP contribution in [-0.4, -0.2) is 86.4 Å². The first-order chi connectivity index (χ1) is 36.6. The Morgan fingerprint density at radius 1 is 0.474 bits per heavy atom. The molecule has 2 fully saturated rings. The summed E-state index contributed by atoms with van der Waals surface area (Å²) in [6.45, 7) is 0.419. The first kappa shape index (κ1) is 53.0. The van der Waals surface area contributed by atoms with Gasteiger partial charge in [0.2, 0.25) is 23.0 Å². The van der Waals surface area contributed by atoms with Crippen molar-refractivity contribution in [3.63, 3.8) is 0 Å². The molecule has 2 aliphatic carbocycles. The van der Waals surface area contributed by atoms with Gasteiger partial charge in [-0.05, 0) is 97.2 Å². The number of aliphatic hydroxyl groups is 2. The minimum Gasteiger partial charge on any atom is -0.493 e. The quantitative estimate of drug-likeness (QED) is 0.0385. The van der Waals surface area contributed by atoms with Gasteiger partial charge in [0, 0.05) is 44.3 Å². The van der Waals surface area contributed by atoms with Crippen molar-refractivity contribution in [1.82, 2.24) is 10.6 Å². The lowest BCUT2D eigenvalue weighted by Crippen LogP contribution is -2.76. The van der Waals surface area contributed by atoms with Crippen molar-refractivity contribution in [2.45, 2.75) is 84.8 Å². The van der Waals surface area contributed by atoms with E-state index in [1.165, 1.54) is 77.0 Å². The van der Waals surface area contributed by atoms with Crippen molar-refractivity contribution in [3.05, 3.63) is 187 Å². The molecule has 4 unspecified atom stereocenters. The first-order valence-electron chi connectivity index (χ1n) is 25.3. The molecule has 4 N–H and O–H groups in total. The standard InChI is InChI=1S/C60H58Br2N2O12/c1-71-47-33-39-25-31-63-59(43(39)35-49(47)73-3,55(27-15-28-55)41-21-11-13-23-45(41)61)75-53(67)57(69,51(65)37-17-7-5-8-18-37)58(70,52(66)38-19-9-6-10-20-38)54(68)76-60(56(29-16-30-56)42-22-12-14-24-46(42)62)44-36-50(74-4)48(72-2)34-40(44)26-32-64-60/h5-14,17-24,33-36,63-64,69-70H,15-16,25-32H2,1-4H3. The number of rotatable bonds is 17. The number of carbonyl (C=O) groups excluding carboxylic acids is 4. The molecule has 6 aromatic carbocycles. The fourth-order valence-corrected chi connectivity index (χ4v) is 13.6. The van der Waals surface area contributed by atoms with Crippen LogP contribution in [0.2, 0.25) is 0 Å². The molecule has 10 rings (SSSR count). The molecule has 16 heteroatoms. The molecule has 2 aliphatic heterocycles. The number of carbonyl (C=O) groups is 4. The minimum atomic E-state index is -4.10. The third-order valence-electron chi connectivity index (χ3n) is 16.4. The molecular formula is C60H58Br2N2O12. The van der Waals surface area contributed by atoms with Crippen molar-refractivity contribution >= 4 is 55.4 Å². The van der Waals surface area contributed by atoms with E-state index in [2.05, 4.69) is 42.5 Å². The van der Waals surface area contributed by atoms with Crippen LogP contribution in [0.3, 0.4) is 0 Å². The highest BCUT2D eigenvalue weighted by atomic mass is 79.9. The summed E-state index contributed by atoms with van der Waals surface area (Å²) in [6.07, 6.45) is 3.87. The van der Waals surface area contributed by atoms with Gasteiger partial charge >= 0.3 is 11.9 Å². The molecule has 4 atom stereocenters. The average Bonchev–Trinajstić information content (AvgIpc) is 3.56. The summed E-state index contributed by atoms with van der Waals surface area (Å²) in [5, 5.41) is 35.1. The number of halogens is 2. The summed E-state index contributed by atoms with van der Waals surface area (Å²) < 4.78 is 38.6. The Balaban J connectivity index is 1.24. The second-order valence-corrected chi connectivity index (χ2v) is 21.6. The van der Waals surface area contributed by atoms with Gasteiger partial charge in [-0.25, -0.2) is 9.59 Å². The summed E-state index contributed by atoms with van der Waals surface area (Å²) in [7, 11) is 5.97. The number of esters is 2. The summed E-state index contributed by atoms with van der Waals surface area (Å²) in [5.74, 6) is -5.24. The minimum absolute atomic E-state index is 0.210. The smallest absolute Gasteiger partial charge is 0.352 e. The zero-order chi connectivity index (χ0) is 53.7. The van der Waals surface area contributed by atoms with Crippen molar-refractivity contribution < 1.29 is 57.8 Å². The SMILES string of the molecule is COc1cc2c(cc1OC)C(OC(=O)C(O)(C(=O)c1ccccc1)C(O)(C(=O)OC1(C3(c4ccccc4Br)CCC3)NCCc3cc(OC)c(OC)cc31)C(=O)c1ccccc1)(C1(c3ccccc3Br)CCC1)NCC2. The van der Waals surface area contributed by atoms with Crippen molar-refractivity contribution in [2.75, 3.05) is 41.5 Å². The maximum atomic E-state index is 16.5. The van der Waals surface area contributed by atoms with Gasteiger partial charge in [-0.3, -0.25) is 20.2 Å². The van der Waals surface area contributed by atoms with E-state index >= 15 is 19.2 Å². The number of fused-ring (bicyclic) bond motifs is 2. The third-order valence-corrected chi connectivity index (χ3v) is 17.8. The number of benzene rings is 6. The molecule has 0 amide bonds. The van der Waals surface area contributed by atoms with Gasteiger partial charge in [0.1, 0.15) is 0 Å². The van der Waals surface area contributed by atoms with Gasteiger partial charge in [-0.2, -0.15) is 0 Å². The number of hydrogen-bond acceptors (Lipinski definition) is 14. The predicted octanol–water partition coefficient (Wildman–Crippen LogP) is 9.10. The summed E-state index contributed by atoms with van der Waals surface area (Å²) in [6, 6.07) is 36.4. The zero-order valence-electron chi connectivity index (χ0n) is 42.5. The van der Waals surface area contributed by atoms with Gasteiger partial charge in [-0.15, -0.1) is 0 Å². The molecule has 394 valence electrons. The molecule has 0 spiro atoms. The number of ether oxygens (including phenoxy) is 6. The van der Waals surface area contributed by atoms with Crippen LogP contribution in [0.15, 0.2) is 142 Å². The number of hydrogen-bond donors (Lipinski definition) is 4. The lowest BCUT2D eigenvalue weighted by atomic mass is 9.55. The van der Waals surface area contributed by atoms with Crippen LogP contribution in [0.5, 0.6) is 23.0 Å². The Bertz CT molecular complexity index is 3020. The number of nitrogens with one attached hydrogen (secondary N) is 2. The molecule has 2 heterocycles. The van der Waals surface area contributed by atoms with E-state index < -0.39 is 57.0 Å². The van der Waals surface area contributed by atoms with Crippen molar-refractivity contribution in [2.24, 2.45) is 0 Å². The second-order valence-electron chi connectivity index (χ2n) is 19.9. The molecule has 4 aliphatic rings. The lowest BCUT2D eigenvalue weighted by Gasteiger charge is -2.58. The van der Waals surface area contributed by atoms with Crippen LogP contribution in [0.1, 0.15) is 92.6 Å². The molecule has 0 radical (unpaired) electrons. The molecule has 2 saturated carbocycles. The third kappa shape index (κ3) is 7.92. The molecule has 14 nitrogen and oxygen atoms in total. The maximum Gasteiger partial charge on any atom is 0.352 e. The summed E-state index contributed by atoms with van der Waals surface area (Å²) in [5.41, 5.74) is -11.5. The van der Waals surface area contributed by atoms with Gasteiger partial charge in [0.25, 0.3) is 11.2 Å². The molecule has 6 aromatic rings. The number of methoxy groups -OCH3 is 4. The molecule has 0 aromatic heterocycles. The highest BCUT2D eigenvalue weighted by molar-refractivity contribution is 9.10. The molecule has 0 saturated heterocycles. The monoisotopic (exact) mass is 1160 g/mol. The summed E-state index contributed by atoms with van der Waals surface area (Å²) in [4.78, 5) is 64.8. The lowest BCUT2D eigenvalue weighted by molar-refractivity contribution is -0.231. The van der Waals surface area contributed by atoms with Crippen LogP contribution in [0.25, 0.3) is 0 Å². The highest BCUT2D eigenvalue weighted by Crippen LogP contribution is 2.62. The van der Waals surface area contributed by atoms with E-state index in [1.54, 1.807) is 36.4 Å². The highest BCUT2D eigenvalue weighted by Gasteiger charge is 2.75. The van der Waals surface area contributed by atoms with Gasteiger partial charge in [0.05, 0.1) is 39.3 Å². The molecule has 76 heavy (non-hydrogen) atoms. The number of ketones is 2. The largest absolute Gasteiger partial charge is 0.493 e. The van der Waals surface area contributed by atoms with E-state index in [-0.39, 0.29) is 35.7 Å². The zero-order valence-corrected chi connectivity index (χ0v) is 45.7. The van der Waals surface area contributed by atoms with E-state index in [4.69, 9.17) is 28.4 Å². The topological polar surface area (TPSA) is 188 Å². The first-order valence-corrected chi connectivity index (χ1v) is 26.9. The van der Waals surface area contributed by atoms with Crippen LogP contribution in [0.4, 0.5) is 0 Å². The van der Waals surface area contributed by atoms with Gasteiger partial charge < -0.3 is 38.6 Å². The van der Waals surface area contributed by atoms with Crippen LogP contribution in [0, 0.1) is 0 Å². The van der Waals surface area contributed by atoms with E-state index in [9.17, 15) is 10.2 Å². The average molecular weight is 1160 g/mol. The second kappa shape index (κ2) is 20.5. The van der Waals surface area contributed by atoms with Gasteiger partial charge in [-0.1, -0.05) is 142 Å². The predicted molar refractivity (Wildman–Crippen MR) is 289 cm³/mol. The Hall–Kier alpha value is -6.40. The number of Topliss-reactive ketones (excluding diaryl/α,β-unsaturated/α-hetero) is 2. The van der Waals surface area contributed by atoms with Crippen LogP contribution in [-0.2, 0) is 54.2 Å². The van der Waals surface area contributed by atoms with E-state index in [1.807, 2.05) is 48.5 Å². The Kier molecular flexibility index (Phi) is 14.3. The maximum absolute atomic E-state index is 16.5. The Morgan fingerprint density at radius 2 is 0.803 bits per heavy atom. The van der Waals surface area contributed by atoms with Crippen LogP contribution < -0.4 is 29.6 Å². The van der Waals surface area contributed by atoms with Crippen molar-refractivity contribution in [1.29, 1.82) is 0 Å². The van der Waals surface area contributed by atoms with E-state index in [0.29, 0.717) is 94.1 Å². The van der Waals surface area contributed by atoms with Crippen LogP contribution >= 0.6 is 31.9 Å². The fourth-order valence-electron chi connectivity index (χ4n) is 12.3. The fraction of sp³-hybridized carbons (Fsp3) is 0.333. The van der Waals surface area contributed by atoms with E-state index in [0.717, 1.165) is 11.1 Å². The molecular weight excluding hydrogens is 1100 g/mol.